The zero-order valence-electron chi connectivity index (χ0n) is 12.0. The van der Waals surface area contributed by atoms with Gasteiger partial charge in [-0.05, 0) is 49.4 Å². The fourth-order valence-corrected chi connectivity index (χ4v) is 2.93. The zero-order chi connectivity index (χ0) is 14.5. The molecule has 0 saturated carbocycles. The summed E-state index contributed by atoms with van der Waals surface area (Å²) in [6.45, 7) is 5.11. The van der Waals surface area contributed by atoms with E-state index in [4.69, 9.17) is 0 Å². The van der Waals surface area contributed by atoms with E-state index in [1.165, 1.54) is 31.4 Å². The average Bonchev–Trinajstić information content (AvgIpc) is 2.44. The lowest BCUT2D eigenvalue weighted by Gasteiger charge is -2.32. The van der Waals surface area contributed by atoms with Crippen molar-refractivity contribution in [3.05, 3.63) is 35.4 Å². The van der Waals surface area contributed by atoms with Crippen molar-refractivity contribution in [2.24, 2.45) is 5.92 Å². The van der Waals surface area contributed by atoms with Gasteiger partial charge in [0.05, 0.1) is 6.10 Å². The standard InChI is InChI=1S/C16H23F2NO/c1-2-12-4-3-6-19(11-12)7-5-16(20)13-8-14(17)10-15(18)9-13/h8-10,12,16,20H,2-7,11H2,1H3. The third-order valence-corrected chi connectivity index (χ3v) is 4.17. The molecule has 20 heavy (non-hydrogen) atoms. The number of hydrogen-bond acceptors (Lipinski definition) is 2. The van der Waals surface area contributed by atoms with Crippen molar-refractivity contribution in [1.29, 1.82) is 0 Å². The van der Waals surface area contributed by atoms with Gasteiger partial charge in [-0.1, -0.05) is 13.3 Å². The molecule has 1 saturated heterocycles. The van der Waals surface area contributed by atoms with E-state index in [0.29, 0.717) is 12.0 Å². The predicted octanol–water partition coefficient (Wildman–Crippen LogP) is 3.51. The van der Waals surface area contributed by atoms with Gasteiger partial charge in [-0.3, -0.25) is 0 Å². The molecule has 1 heterocycles. The summed E-state index contributed by atoms with van der Waals surface area (Å²) >= 11 is 0. The van der Waals surface area contributed by atoms with Crippen molar-refractivity contribution >= 4 is 0 Å². The number of rotatable bonds is 5. The summed E-state index contributed by atoms with van der Waals surface area (Å²) in [5.74, 6) is -0.529. The lowest BCUT2D eigenvalue weighted by molar-refractivity contribution is 0.117. The van der Waals surface area contributed by atoms with Gasteiger partial charge in [0.15, 0.2) is 0 Å². The molecule has 0 aromatic heterocycles. The Morgan fingerprint density at radius 1 is 1.30 bits per heavy atom. The largest absolute Gasteiger partial charge is 0.388 e. The Bertz CT molecular complexity index is 418. The van der Waals surface area contributed by atoms with Crippen LogP contribution in [0.4, 0.5) is 8.78 Å². The van der Waals surface area contributed by atoms with Crippen LogP contribution in [0.15, 0.2) is 18.2 Å². The highest BCUT2D eigenvalue weighted by atomic mass is 19.1. The molecule has 2 atom stereocenters. The number of likely N-dealkylation sites (tertiary alicyclic amines) is 1. The molecule has 2 unspecified atom stereocenters. The number of aliphatic hydroxyl groups is 1. The minimum atomic E-state index is -0.804. The second kappa shape index (κ2) is 7.14. The van der Waals surface area contributed by atoms with E-state index < -0.39 is 17.7 Å². The van der Waals surface area contributed by atoms with E-state index in [9.17, 15) is 13.9 Å². The van der Waals surface area contributed by atoms with Crippen molar-refractivity contribution in [3.63, 3.8) is 0 Å². The Labute approximate surface area is 119 Å². The molecule has 1 fully saturated rings. The Hall–Kier alpha value is -1.00. The van der Waals surface area contributed by atoms with Crippen LogP contribution in [0, 0.1) is 17.6 Å². The predicted molar refractivity (Wildman–Crippen MR) is 75.4 cm³/mol. The second-order valence-corrected chi connectivity index (χ2v) is 5.72. The number of piperidine rings is 1. The van der Waals surface area contributed by atoms with Gasteiger partial charge in [0, 0.05) is 19.2 Å². The fourth-order valence-electron chi connectivity index (χ4n) is 2.93. The molecule has 0 amide bonds. The Morgan fingerprint density at radius 2 is 2.00 bits per heavy atom. The van der Waals surface area contributed by atoms with Crippen LogP contribution >= 0.6 is 0 Å². The van der Waals surface area contributed by atoms with E-state index >= 15 is 0 Å². The quantitative estimate of drug-likeness (QED) is 0.894. The first-order chi connectivity index (χ1) is 9.58. The first-order valence-corrected chi connectivity index (χ1v) is 7.45. The van der Waals surface area contributed by atoms with Gasteiger partial charge in [0.2, 0.25) is 0 Å². The van der Waals surface area contributed by atoms with E-state index in [2.05, 4.69) is 11.8 Å². The highest BCUT2D eigenvalue weighted by Crippen LogP contribution is 2.23. The summed E-state index contributed by atoms with van der Waals surface area (Å²) in [5.41, 5.74) is 0.326. The monoisotopic (exact) mass is 283 g/mol. The maximum absolute atomic E-state index is 13.1. The number of halogens is 2. The number of aliphatic hydroxyl groups excluding tert-OH is 1. The molecule has 0 radical (unpaired) electrons. The van der Waals surface area contributed by atoms with Gasteiger partial charge >= 0.3 is 0 Å². The molecule has 1 aromatic carbocycles. The Morgan fingerprint density at radius 3 is 2.65 bits per heavy atom. The zero-order valence-corrected chi connectivity index (χ0v) is 12.0. The summed E-state index contributed by atoms with van der Waals surface area (Å²) in [6, 6.07) is 3.24. The molecule has 1 aliphatic heterocycles. The Kier molecular flexibility index (Phi) is 5.49. The molecule has 4 heteroatoms. The minimum Gasteiger partial charge on any atom is -0.388 e. The normalized spacial score (nSPS) is 21.9. The van der Waals surface area contributed by atoms with Crippen molar-refractivity contribution in [2.45, 2.75) is 38.7 Å². The van der Waals surface area contributed by atoms with Crippen LogP contribution < -0.4 is 0 Å². The fraction of sp³-hybridized carbons (Fsp3) is 0.625. The van der Waals surface area contributed by atoms with Gasteiger partial charge in [-0.25, -0.2) is 8.78 Å². The topological polar surface area (TPSA) is 23.5 Å². The molecule has 0 aliphatic carbocycles. The van der Waals surface area contributed by atoms with Crippen LogP contribution in [-0.2, 0) is 0 Å². The smallest absolute Gasteiger partial charge is 0.126 e. The van der Waals surface area contributed by atoms with Gasteiger partial charge in [0.1, 0.15) is 11.6 Å². The van der Waals surface area contributed by atoms with E-state index in [-0.39, 0.29) is 0 Å². The SMILES string of the molecule is CCC1CCCN(CCC(O)c2cc(F)cc(F)c2)C1. The van der Waals surface area contributed by atoms with Crippen molar-refractivity contribution in [2.75, 3.05) is 19.6 Å². The van der Waals surface area contributed by atoms with E-state index in [0.717, 1.165) is 31.6 Å². The molecule has 1 aliphatic rings. The molecule has 0 spiro atoms. The molecule has 112 valence electrons. The summed E-state index contributed by atoms with van der Waals surface area (Å²) in [4.78, 5) is 2.34. The molecule has 1 N–H and O–H groups in total. The molecule has 0 bridgehead atoms. The number of benzene rings is 1. The highest BCUT2D eigenvalue weighted by molar-refractivity contribution is 5.20. The van der Waals surface area contributed by atoms with Crippen LogP contribution in [0.5, 0.6) is 0 Å². The average molecular weight is 283 g/mol. The van der Waals surface area contributed by atoms with Gasteiger partial charge < -0.3 is 10.0 Å². The van der Waals surface area contributed by atoms with E-state index in [1.807, 2.05) is 0 Å². The summed E-state index contributed by atoms with van der Waals surface area (Å²) in [5, 5.41) is 10.1. The third-order valence-electron chi connectivity index (χ3n) is 4.17. The van der Waals surface area contributed by atoms with Crippen molar-refractivity contribution in [1.82, 2.24) is 4.90 Å². The molecular weight excluding hydrogens is 260 g/mol. The summed E-state index contributed by atoms with van der Waals surface area (Å²) in [6.07, 6.45) is 3.38. The summed E-state index contributed by atoms with van der Waals surface area (Å²) in [7, 11) is 0. The maximum Gasteiger partial charge on any atom is 0.126 e. The first-order valence-electron chi connectivity index (χ1n) is 7.45. The lowest BCUT2D eigenvalue weighted by Crippen LogP contribution is -2.36. The lowest BCUT2D eigenvalue weighted by atomic mass is 9.95. The molecule has 2 nitrogen and oxygen atoms in total. The minimum absolute atomic E-state index is 0.326. The maximum atomic E-state index is 13.1. The van der Waals surface area contributed by atoms with Crippen LogP contribution in [0.2, 0.25) is 0 Å². The van der Waals surface area contributed by atoms with Crippen molar-refractivity contribution < 1.29 is 13.9 Å². The van der Waals surface area contributed by atoms with Gasteiger partial charge in [0.25, 0.3) is 0 Å². The van der Waals surface area contributed by atoms with Crippen LogP contribution in [0.1, 0.15) is 44.3 Å². The van der Waals surface area contributed by atoms with Crippen LogP contribution in [0.25, 0.3) is 0 Å². The molecular formula is C16H23F2NO. The van der Waals surface area contributed by atoms with Crippen LogP contribution in [0.3, 0.4) is 0 Å². The highest BCUT2D eigenvalue weighted by Gasteiger charge is 2.19. The number of nitrogens with zero attached hydrogens (tertiary/aromatic N) is 1. The van der Waals surface area contributed by atoms with Gasteiger partial charge in [-0.2, -0.15) is 0 Å². The van der Waals surface area contributed by atoms with E-state index in [1.54, 1.807) is 0 Å². The van der Waals surface area contributed by atoms with Crippen molar-refractivity contribution in [3.8, 4) is 0 Å². The number of hydrogen-bond donors (Lipinski definition) is 1. The Balaban J connectivity index is 1.86. The second-order valence-electron chi connectivity index (χ2n) is 5.72. The van der Waals surface area contributed by atoms with Gasteiger partial charge in [-0.15, -0.1) is 0 Å². The molecule has 1 aromatic rings. The van der Waals surface area contributed by atoms with Crippen LogP contribution in [-0.4, -0.2) is 29.6 Å². The third kappa shape index (κ3) is 4.25. The summed E-state index contributed by atoms with van der Waals surface area (Å²) < 4.78 is 26.2. The first kappa shape index (κ1) is 15.4. The molecule has 2 rings (SSSR count).